The van der Waals surface area contributed by atoms with Crippen LogP contribution in [0, 0.1) is 0 Å². The van der Waals surface area contributed by atoms with Crippen molar-refractivity contribution in [3.63, 3.8) is 0 Å². The normalized spacial score (nSPS) is 13.0. The van der Waals surface area contributed by atoms with Gasteiger partial charge in [0.2, 0.25) is 5.91 Å². The van der Waals surface area contributed by atoms with Gasteiger partial charge in [-0.2, -0.15) is 5.10 Å². The quantitative estimate of drug-likeness (QED) is 0.525. The molecule has 0 bridgehead atoms. The van der Waals surface area contributed by atoms with Crippen LogP contribution in [0.25, 0.3) is 5.52 Å². The first kappa shape index (κ1) is 17.2. The van der Waals surface area contributed by atoms with Crippen molar-refractivity contribution >= 4 is 22.9 Å². The minimum absolute atomic E-state index is 0.0400. The van der Waals surface area contributed by atoms with Crippen molar-refractivity contribution in [2.75, 3.05) is 12.0 Å². The second-order valence-corrected chi connectivity index (χ2v) is 6.71. The molecular formula is C22H18N4O3. The molecule has 0 aliphatic carbocycles. The number of amides is 1. The van der Waals surface area contributed by atoms with Crippen molar-refractivity contribution in [3.05, 3.63) is 78.2 Å². The van der Waals surface area contributed by atoms with E-state index in [0.717, 1.165) is 16.8 Å². The summed E-state index contributed by atoms with van der Waals surface area (Å²) >= 11 is 0. The topological polar surface area (TPSA) is 69.0 Å². The van der Waals surface area contributed by atoms with E-state index in [0.29, 0.717) is 35.9 Å². The molecule has 2 aromatic carbocycles. The summed E-state index contributed by atoms with van der Waals surface area (Å²) in [6.45, 7) is 0.391. The van der Waals surface area contributed by atoms with E-state index in [1.807, 2.05) is 54.6 Å². The van der Waals surface area contributed by atoms with Crippen LogP contribution >= 0.6 is 0 Å². The van der Waals surface area contributed by atoms with Crippen molar-refractivity contribution in [3.8, 4) is 11.5 Å². The average molecular weight is 386 g/mol. The van der Waals surface area contributed by atoms with Crippen molar-refractivity contribution in [1.29, 1.82) is 0 Å². The first-order valence-corrected chi connectivity index (χ1v) is 9.24. The lowest BCUT2D eigenvalue weighted by atomic mass is 10.2. The van der Waals surface area contributed by atoms with E-state index in [-0.39, 0.29) is 5.91 Å². The zero-order valence-electron chi connectivity index (χ0n) is 15.8. The lowest BCUT2D eigenvalue weighted by Gasteiger charge is -2.17. The first-order chi connectivity index (χ1) is 14.3. The van der Waals surface area contributed by atoms with E-state index in [4.69, 9.17) is 9.47 Å². The summed E-state index contributed by atoms with van der Waals surface area (Å²) in [4.78, 5) is 18.8. The molecule has 4 aromatic rings. The minimum atomic E-state index is -0.0400. The molecule has 1 aliphatic rings. The molecule has 0 saturated carbocycles. The van der Waals surface area contributed by atoms with Gasteiger partial charge in [0.1, 0.15) is 12.9 Å². The fourth-order valence-electron chi connectivity index (χ4n) is 3.63. The predicted octanol–water partition coefficient (Wildman–Crippen LogP) is 3.54. The van der Waals surface area contributed by atoms with Crippen molar-refractivity contribution in [1.82, 2.24) is 14.6 Å². The Morgan fingerprint density at radius 1 is 1.07 bits per heavy atom. The number of benzene rings is 2. The number of hydrogen-bond acceptors (Lipinski definition) is 5. The maximum atomic E-state index is 12.8. The number of aromatic nitrogens is 3. The molecule has 1 amide bonds. The van der Waals surface area contributed by atoms with E-state index in [2.05, 4.69) is 10.1 Å². The van der Waals surface area contributed by atoms with Crippen LogP contribution in [0.2, 0.25) is 0 Å². The number of fused-ring (bicyclic) bond motifs is 2. The SMILES string of the molecule is COc1c(OCc2ccccc2)cn2ncnc(N3C(=O)Cc4ccccc43)c12. The third kappa shape index (κ3) is 2.87. The second-order valence-electron chi connectivity index (χ2n) is 6.71. The number of carbonyl (C=O) groups excluding carboxylic acids is 1. The maximum Gasteiger partial charge on any atom is 0.237 e. The van der Waals surface area contributed by atoms with E-state index in [1.54, 1.807) is 22.7 Å². The highest BCUT2D eigenvalue weighted by molar-refractivity contribution is 6.09. The van der Waals surface area contributed by atoms with Gasteiger partial charge in [-0.1, -0.05) is 48.5 Å². The number of hydrogen-bond donors (Lipinski definition) is 0. The highest BCUT2D eigenvalue weighted by Crippen LogP contribution is 2.42. The molecule has 0 fully saturated rings. The van der Waals surface area contributed by atoms with Crippen LogP contribution in [0.15, 0.2) is 67.1 Å². The molecule has 1 aliphatic heterocycles. The predicted molar refractivity (Wildman–Crippen MR) is 108 cm³/mol. The fraction of sp³-hybridized carbons (Fsp3) is 0.136. The van der Waals surface area contributed by atoms with Crippen LogP contribution in [-0.2, 0) is 17.8 Å². The molecule has 0 radical (unpaired) electrons. The van der Waals surface area contributed by atoms with Gasteiger partial charge < -0.3 is 9.47 Å². The van der Waals surface area contributed by atoms with Gasteiger partial charge in [-0.15, -0.1) is 0 Å². The summed E-state index contributed by atoms with van der Waals surface area (Å²) in [5.41, 5.74) is 3.43. The van der Waals surface area contributed by atoms with Crippen molar-refractivity contribution in [2.24, 2.45) is 0 Å². The van der Waals surface area contributed by atoms with Gasteiger partial charge >= 0.3 is 0 Å². The van der Waals surface area contributed by atoms with Crippen LogP contribution in [0.5, 0.6) is 11.5 Å². The summed E-state index contributed by atoms with van der Waals surface area (Å²) in [6, 6.07) is 17.6. The smallest absolute Gasteiger partial charge is 0.237 e. The number of anilines is 2. The van der Waals surface area contributed by atoms with Gasteiger partial charge in [0.05, 0.1) is 25.4 Å². The second kappa shape index (κ2) is 6.94. The average Bonchev–Trinajstić information content (AvgIpc) is 3.29. The van der Waals surface area contributed by atoms with Crippen LogP contribution in [0.4, 0.5) is 11.5 Å². The maximum absolute atomic E-state index is 12.8. The highest BCUT2D eigenvalue weighted by Gasteiger charge is 2.32. The van der Waals surface area contributed by atoms with E-state index in [1.165, 1.54) is 6.33 Å². The fourth-order valence-corrected chi connectivity index (χ4v) is 3.63. The number of rotatable bonds is 5. The van der Waals surface area contributed by atoms with Crippen LogP contribution in [-0.4, -0.2) is 27.6 Å². The lowest BCUT2D eigenvalue weighted by molar-refractivity contribution is -0.116. The Balaban J connectivity index is 1.59. The number of methoxy groups -OCH3 is 1. The Morgan fingerprint density at radius 3 is 2.69 bits per heavy atom. The van der Waals surface area contributed by atoms with E-state index >= 15 is 0 Å². The Labute approximate surface area is 167 Å². The van der Waals surface area contributed by atoms with Crippen LogP contribution in [0.3, 0.4) is 0 Å². The Hall–Kier alpha value is -3.87. The van der Waals surface area contributed by atoms with Gasteiger partial charge in [0.15, 0.2) is 22.8 Å². The van der Waals surface area contributed by atoms with E-state index < -0.39 is 0 Å². The summed E-state index contributed by atoms with van der Waals surface area (Å²) in [7, 11) is 1.57. The molecule has 144 valence electrons. The molecule has 0 unspecified atom stereocenters. The summed E-state index contributed by atoms with van der Waals surface area (Å²) in [6.07, 6.45) is 3.51. The Morgan fingerprint density at radius 2 is 1.86 bits per heavy atom. The number of para-hydroxylation sites is 1. The summed E-state index contributed by atoms with van der Waals surface area (Å²) in [5.74, 6) is 1.47. The number of carbonyl (C=O) groups is 1. The van der Waals surface area contributed by atoms with Crippen molar-refractivity contribution < 1.29 is 14.3 Å². The molecular weight excluding hydrogens is 368 g/mol. The molecule has 0 saturated heterocycles. The Bertz CT molecular complexity index is 1200. The molecule has 0 atom stereocenters. The highest BCUT2D eigenvalue weighted by atomic mass is 16.5. The number of ether oxygens (including phenoxy) is 2. The van der Waals surface area contributed by atoms with Gasteiger partial charge in [-0.25, -0.2) is 9.50 Å². The minimum Gasteiger partial charge on any atom is -0.491 e. The molecule has 2 aromatic heterocycles. The van der Waals surface area contributed by atoms with Crippen LogP contribution in [0.1, 0.15) is 11.1 Å². The molecule has 7 nitrogen and oxygen atoms in total. The summed E-state index contributed by atoms with van der Waals surface area (Å²) in [5, 5.41) is 4.29. The van der Waals surface area contributed by atoms with Gasteiger partial charge in [0, 0.05) is 0 Å². The van der Waals surface area contributed by atoms with Crippen molar-refractivity contribution in [2.45, 2.75) is 13.0 Å². The largest absolute Gasteiger partial charge is 0.491 e. The number of nitrogens with zero attached hydrogens (tertiary/aromatic N) is 4. The zero-order valence-corrected chi connectivity index (χ0v) is 15.8. The third-order valence-electron chi connectivity index (χ3n) is 4.95. The molecule has 5 rings (SSSR count). The molecule has 3 heterocycles. The third-order valence-corrected chi connectivity index (χ3v) is 4.95. The van der Waals surface area contributed by atoms with E-state index in [9.17, 15) is 4.79 Å². The Kier molecular flexibility index (Phi) is 4.13. The van der Waals surface area contributed by atoms with Gasteiger partial charge in [-0.3, -0.25) is 9.69 Å². The molecule has 7 heteroatoms. The standard InChI is InChI=1S/C22H18N4O3/c1-28-21-18(29-13-15-7-3-2-4-8-15)12-25-20(21)22(23-14-24-25)26-17-10-6-5-9-16(17)11-19(26)27/h2-10,12,14H,11,13H2,1H3. The van der Waals surface area contributed by atoms with Crippen LogP contribution < -0.4 is 14.4 Å². The lowest BCUT2D eigenvalue weighted by Crippen LogP contribution is -2.23. The van der Waals surface area contributed by atoms with Gasteiger partial charge in [0.25, 0.3) is 0 Å². The molecule has 0 spiro atoms. The molecule has 0 N–H and O–H groups in total. The molecule has 29 heavy (non-hydrogen) atoms. The van der Waals surface area contributed by atoms with Gasteiger partial charge in [-0.05, 0) is 17.2 Å². The zero-order chi connectivity index (χ0) is 19.8. The first-order valence-electron chi connectivity index (χ1n) is 9.24. The summed E-state index contributed by atoms with van der Waals surface area (Å²) < 4.78 is 13.3. The monoisotopic (exact) mass is 386 g/mol.